The molecule has 0 aromatic heterocycles. The first kappa shape index (κ1) is 15.3. The Hall–Kier alpha value is -2.10. The number of benzene rings is 1. The predicted molar refractivity (Wildman–Crippen MR) is 79.3 cm³/mol. The zero-order valence-corrected chi connectivity index (χ0v) is 12.6. The van der Waals surface area contributed by atoms with Crippen molar-refractivity contribution >= 4 is 11.8 Å². The van der Waals surface area contributed by atoms with Crippen molar-refractivity contribution in [2.45, 2.75) is 20.3 Å². The lowest BCUT2D eigenvalue weighted by molar-refractivity contribution is -0.141. The van der Waals surface area contributed by atoms with Crippen LogP contribution in [0.1, 0.15) is 30.6 Å². The summed E-state index contributed by atoms with van der Waals surface area (Å²) in [5, 5.41) is 0. The van der Waals surface area contributed by atoms with Crippen LogP contribution >= 0.6 is 0 Å². The first-order valence-electron chi connectivity index (χ1n) is 7.01. The molecule has 0 spiro atoms. The van der Waals surface area contributed by atoms with Gasteiger partial charge in [0.05, 0.1) is 18.9 Å². The highest BCUT2D eigenvalue weighted by atomic mass is 16.5. The van der Waals surface area contributed by atoms with Crippen molar-refractivity contribution < 1.29 is 19.1 Å². The summed E-state index contributed by atoms with van der Waals surface area (Å²) in [6.45, 7) is 4.12. The number of hydrogen-bond acceptors (Lipinski definition) is 4. The van der Waals surface area contributed by atoms with Crippen LogP contribution in [0.15, 0.2) is 35.9 Å². The maximum atomic E-state index is 12.6. The number of carbonyl (C=O) groups excluding carboxylic acids is 2. The number of esters is 1. The van der Waals surface area contributed by atoms with Crippen molar-refractivity contribution in [1.82, 2.24) is 0 Å². The van der Waals surface area contributed by atoms with Gasteiger partial charge in [0.2, 0.25) is 0 Å². The molecule has 4 heteroatoms. The zero-order chi connectivity index (χ0) is 15.4. The van der Waals surface area contributed by atoms with Crippen LogP contribution in [-0.2, 0) is 9.53 Å². The summed E-state index contributed by atoms with van der Waals surface area (Å²) in [6, 6.07) is 6.94. The number of rotatable bonds is 5. The SMILES string of the molecule is COc1ccc(C(=O)[C@H]2COC(=O)[C@H]2CC=C(C)C)cc1. The smallest absolute Gasteiger partial charge is 0.310 e. The summed E-state index contributed by atoms with van der Waals surface area (Å²) in [5.41, 5.74) is 1.71. The van der Waals surface area contributed by atoms with Gasteiger partial charge in [-0.25, -0.2) is 0 Å². The minimum Gasteiger partial charge on any atom is -0.497 e. The second-order valence-electron chi connectivity index (χ2n) is 5.45. The lowest BCUT2D eigenvalue weighted by atomic mass is 9.85. The Morgan fingerprint density at radius 3 is 2.57 bits per heavy atom. The van der Waals surface area contributed by atoms with Gasteiger partial charge in [-0.05, 0) is 44.5 Å². The molecule has 0 aliphatic carbocycles. The Labute approximate surface area is 124 Å². The number of cyclic esters (lactones) is 1. The molecule has 0 saturated carbocycles. The van der Waals surface area contributed by atoms with E-state index in [-0.39, 0.29) is 24.3 Å². The van der Waals surface area contributed by atoms with Crippen molar-refractivity contribution in [3.8, 4) is 5.75 Å². The van der Waals surface area contributed by atoms with Crippen molar-refractivity contribution in [1.29, 1.82) is 0 Å². The lowest BCUT2D eigenvalue weighted by Crippen LogP contribution is -2.24. The molecule has 1 heterocycles. The minimum atomic E-state index is -0.401. The Morgan fingerprint density at radius 1 is 1.33 bits per heavy atom. The first-order valence-corrected chi connectivity index (χ1v) is 7.01. The third-order valence-electron chi connectivity index (χ3n) is 3.68. The molecule has 0 radical (unpaired) electrons. The fourth-order valence-electron chi connectivity index (χ4n) is 2.41. The van der Waals surface area contributed by atoms with Crippen molar-refractivity contribution in [2.75, 3.05) is 13.7 Å². The van der Waals surface area contributed by atoms with Crippen LogP contribution in [0.5, 0.6) is 5.75 Å². The molecular weight excluding hydrogens is 268 g/mol. The zero-order valence-electron chi connectivity index (χ0n) is 12.6. The normalized spacial score (nSPS) is 20.8. The van der Waals surface area contributed by atoms with Crippen molar-refractivity contribution in [3.05, 3.63) is 41.5 Å². The number of hydrogen-bond donors (Lipinski definition) is 0. The number of Topliss-reactive ketones (excluding diaryl/α,β-unsaturated/α-hetero) is 1. The summed E-state index contributed by atoms with van der Waals surface area (Å²) in [4.78, 5) is 24.4. The predicted octanol–water partition coefficient (Wildman–Crippen LogP) is 3.02. The molecule has 2 atom stereocenters. The van der Waals surface area contributed by atoms with Gasteiger partial charge < -0.3 is 9.47 Å². The molecule has 0 bridgehead atoms. The van der Waals surface area contributed by atoms with Gasteiger partial charge in [0.15, 0.2) is 5.78 Å². The maximum Gasteiger partial charge on any atom is 0.310 e. The van der Waals surface area contributed by atoms with Crippen LogP contribution in [0.4, 0.5) is 0 Å². The number of carbonyl (C=O) groups is 2. The largest absolute Gasteiger partial charge is 0.497 e. The maximum absolute atomic E-state index is 12.6. The highest BCUT2D eigenvalue weighted by Crippen LogP contribution is 2.29. The third-order valence-corrected chi connectivity index (χ3v) is 3.68. The Balaban J connectivity index is 2.16. The Bertz CT molecular complexity index is 553. The van der Waals surface area contributed by atoms with Gasteiger partial charge in [0.25, 0.3) is 0 Å². The van der Waals surface area contributed by atoms with Crippen molar-refractivity contribution in [2.24, 2.45) is 11.8 Å². The summed E-state index contributed by atoms with van der Waals surface area (Å²) in [5.74, 6) is -0.405. The molecular formula is C17H20O4. The second-order valence-corrected chi connectivity index (χ2v) is 5.45. The summed E-state index contributed by atoms with van der Waals surface area (Å²) in [6.07, 6.45) is 2.53. The average molecular weight is 288 g/mol. The fraction of sp³-hybridized carbons (Fsp3) is 0.412. The van der Waals surface area contributed by atoms with Crippen LogP contribution in [-0.4, -0.2) is 25.5 Å². The molecule has 1 aromatic carbocycles. The van der Waals surface area contributed by atoms with Crippen LogP contribution in [0, 0.1) is 11.8 Å². The van der Waals surface area contributed by atoms with Gasteiger partial charge in [-0.15, -0.1) is 0 Å². The van der Waals surface area contributed by atoms with E-state index in [1.807, 2.05) is 19.9 Å². The van der Waals surface area contributed by atoms with Gasteiger partial charge in [-0.1, -0.05) is 11.6 Å². The highest BCUT2D eigenvalue weighted by molar-refractivity contribution is 6.01. The van der Waals surface area contributed by atoms with Crippen LogP contribution in [0.2, 0.25) is 0 Å². The monoisotopic (exact) mass is 288 g/mol. The molecule has 4 nitrogen and oxygen atoms in total. The average Bonchev–Trinajstić information content (AvgIpc) is 2.85. The molecule has 1 aliphatic heterocycles. The van der Waals surface area contributed by atoms with Crippen LogP contribution in [0.3, 0.4) is 0 Å². The van der Waals surface area contributed by atoms with Gasteiger partial charge >= 0.3 is 5.97 Å². The summed E-state index contributed by atoms with van der Waals surface area (Å²) < 4.78 is 10.2. The van der Waals surface area contributed by atoms with E-state index in [0.717, 1.165) is 5.57 Å². The highest BCUT2D eigenvalue weighted by Gasteiger charge is 2.40. The lowest BCUT2D eigenvalue weighted by Gasteiger charge is -2.13. The van der Waals surface area contributed by atoms with Gasteiger partial charge in [0.1, 0.15) is 12.4 Å². The van der Waals surface area contributed by atoms with E-state index in [0.29, 0.717) is 17.7 Å². The van der Waals surface area contributed by atoms with Gasteiger partial charge in [-0.3, -0.25) is 9.59 Å². The standard InChI is InChI=1S/C17H20O4/c1-11(2)4-9-14-15(10-21-17(14)19)16(18)12-5-7-13(20-3)8-6-12/h4-8,14-15H,9-10H2,1-3H3/t14-,15-/m0/s1. The van der Waals surface area contributed by atoms with E-state index >= 15 is 0 Å². The number of ketones is 1. The van der Waals surface area contributed by atoms with Crippen LogP contribution < -0.4 is 4.74 Å². The molecule has 112 valence electrons. The molecule has 0 amide bonds. The fourth-order valence-corrected chi connectivity index (χ4v) is 2.41. The van der Waals surface area contributed by atoms with E-state index in [1.165, 1.54) is 0 Å². The topological polar surface area (TPSA) is 52.6 Å². The minimum absolute atomic E-state index is 0.0457. The molecule has 1 saturated heterocycles. The van der Waals surface area contributed by atoms with Gasteiger partial charge in [-0.2, -0.15) is 0 Å². The second kappa shape index (κ2) is 6.57. The Kier molecular flexibility index (Phi) is 4.78. The molecule has 21 heavy (non-hydrogen) atoms. The number of allylic oxidation sites excluding steroid dienone is 2. The quantitative estimate of drug-likeness (QED) is 0.475. The van der Waals surface area contributed by atoms with E-state index in [4.69, 9.17) is 9.47 Å². The van der Waals surface area contributed by atoms with Gasteiger partial charge in [0, 0.05) is 5.56 Å². The summed E-state index contributed by atoms with van der Waals surface area (Å²) >= 11 is 0. The first-order chi connectivity index (χ1) is 10.0. The number of ether oxygens (including phenoxy) is 2. The molecule has 1 fully saturated rings. The summed E-state index contributed by atoms with van der Waals surface area (Å²) in [7, 11) is 1.58. The number of methoxy groups -OCH3 is 1. The van der Waals surface area contributed by atoms with E-state index in [9.17, 15) is 9.59 Å². The van der Waals surface area contributed by atoms with Crippen molar-refractivity contribution in [3.63, 3.8) is 0 Å². The molecule has 0 N–H and O–H groups in total. The Morgan fingerprint density at radius 2 is 2.00 bits per heavy atom. The molecule has 2 rings (SSSR count). The van der Waals surface area contributed by atoms with E-state index in [2.05, 4.69) is 0 Å². The van der Waals surface area contributed by atoms with E-state index < -0.39 is 5.92 Å². The molecule has 1 aliphatic rings. The van der Waals surface area contributed by atoms with Crippen LogP contribution in [0.25, 0.3) is 0 Å². The molecule has 0 unspecified atom stereocenters. The molecule has 1 aromatic rings. The third kappa shape index (κ3) is 3.51. The van der Waals surface area contributed by atoms with E-state index in [1.54, 1.807) is 31.4 Å².